The molecule has 1 saturated heterocycles. The van der Waals surface area contributed by atoms with Crippen LogP contribution >= 0.6 is 11.3 Å². The largest absolute Gasteiger partial charge is 0.349 e. The molecule has 1 fully saturated rings. The summed E-state index contributed by atoms with van der Waals surface area (Å²) in [4.78, 5) is 27.4. The summed E-state index contributed by atoms with van der Waals surface area (Å²) in [5, 5.41) is 7.85. The number of nitrogens with one attached hydrogen (secondary N) is 3. The van der Waals surface area contributed by atoms with Crippen LogP contribution in [0.25, 0.3) is 0 Å². The van der Waals surface area contributed by atoms with Gasteiger partial charge in [-0.3, -0.25) is 14.5 Å². The molecule has 0 atom stereocenters. The summed E-state index contributed by atoms with van der Waals surface area (Å²) in [6.45, 7) is 4.64. The Balaban J connectivity index is 1.72. The number of rotatable bonds is 4. The fourth-order valence-electron chi connectivity index (χ4n) is 1.91. The van der Waals surface area contributed by atoms with E-state index in [1.165, 1.54) is 0 Å². The third kappa shape index (κ3) is 4.25. The number of thiazole rings is 1. The van der Waals surface area contributed by atoms with Crippen molar-refractivity contribution in [2.45, 2.75) is 13.0 Å². The molecule has 3 N–H and O–H groups in total. The average Bonchev–Trinajstić information content (AvgIpc) is 2.60. The van der Waals surface area contributed by atoms with Gasteiger partial charge < -0.3 is 15.6 Å². The molecule has 1 aliphatic rings. The standard InChI is InChI=1S/C11H18N4O2S/c16-10(7-15-4-1-2-12-3-5-15)13-6-9-8-18-11(17)14-9/h8,12H,1-7H2,(H,13,16)(H,14,17). The topological polar surface area (TPSA) is 77.2 Å². The van der Waals surface area contributed by atoms with E-state index in [4.69, 9.17) is 0 Å². The average molecular weight is 270 g/mol. The molecule has 1 aromatic heterocycles. The summed E-state index contributed by atoms with van der Waals surface area (Å²) < 4.78 is 0. The molecule has 0 saturated carbocycles. The van der Waals surface area contributed by atoms with Crippen LogP contribution in [0, 0.1) is 0 Å². The van der Waals surface area contributed by atoms with E-state index in [0.29, 0.717) is 13.1 Å². The molecule has 2 heterocycles. The molecule has 18 heavy (non-hydrogen) atoms. The Morgan fingerprint density at radius 1 is 1.44 bits per heavy atom. The van der Waals surface area contributed by atoms with E-state index in [1.807, 2.05) is 0 Å². The van der Waals surface area contributed by atoms with Crippen LogP contribution in [0.1, 0.15) is 12.1 Å². The highest BCUT2D eigenvalue weighted by Crippen LogP contribution is 1.96. The van der Waals surface area contributed by atoms with Crippen LogP contribution in [-0.4, -0.2) is 48.5 Å². The zero-order chi connectivity index (χ0) is 12.8. The van der Waals surface area contributed by atoms with Crippen LogP contribution < -0.4 is 15.5 Å². The molecule has 6 nitrogen and oxygen atoms in total. The van der Waals surface area contributed by atoms with Crippen LogP contribution in [0.4, 0.5) is 0 Å². The highest BCUT2D eigenvalue weighted by Gasteiger charge is 2.12. The first kappa shape index (κ1) is 13.3. The lowest BCUT2D eigenvalue weighted by Gasteiger charge is -2.18. The highest BCUT2D eigenvalue weighted by molar-refractivity contribution is 7.07. The van der Waals surface area contributed by atoms with Crippen molar-refractivity contribution in [3.05, 3.63) is 20.7 Å². The first-order valence-electron chi connectivity index (χ1n) is 6.10. The number of carbonyl (C=O) groups is 1. The quantitative estimate of drug-likeness (QED) is 0.679. The lowest BCUT2D eigenvalue weighted by atomic mass is 10.3. The number of amides is 1. The van der Waals surface area contributed by atoms with E-state index in [1.54, 1.807) is 5.38 Å². The van der Waals surface area contributed by atoms with Crippen molar-refractivity contribution >= 4 is 17.2 Å². The van der Waals surface area contributed by atoms with Crippen LogP contribution in [0.15, 0.2) is 10.2 Å². The number of H-pyrrole nitrogens is 1. The Morgan fingerprint density at radius 2 is 2.33 bits per heavy atom. The number of hydrogen-bond acceptors (Lipinski definition) is 5. The van der Waals surface area contributed by atoms with Crippen molar-refractivity contribution < 1.29 is 4.79 Å². The predicted molar refractivity (Wildman–Crippen MR) is 70.7 cm³/mol. The molecule has 2 rings (SSSR count). The van der Waals surface area contributed by atoms with Gasteiger partial charge in [-0.1, -0.05) is 11.3 Å². The van der Waals surface area contributed by atoms with Crippen molar-refractivity contribution in [3.8, 4) is 0 Å². The summed E-state index contributed by atoms with van der Waals surface area (Å²) in [6.07, 6.45) is 1.07. The lowest BCUT2D eigenvalue weighted by molar-refractivity contribution is -0.122. The summed E-state index contributed by atoms with van der Waals surface area (Å²) in [5.41, 5.74) is 0.760. The monoisotopic (exact) mass is 270 g/mol. The molecule has 1 amide bonds. The van der Waals surface area contributed by atoms with E-state index in [0.717, 1.165) is 49.6 Å². The van der Waals surface area contributed by atoms with Gasteiger partial charge in [-0.25, -0.2) is 0 Å². The number of nitrogens with zero attached hydrogens (tertiary/aromatic N) is 1. The lowest BCUT2D eigenvalue weighted by Crippen LogP contribution is -2.38. The maximum Gasteiger partial charge on any atom is 0.304 e. The predicted octanol–water partition coefficient (Wildman–Crippen LogP) is -0.652. The van der Waals surface area contributed by atoms with Gasteiger partial charge in [0.1, 0.15) is 0 Å². The van der Waals surface area contributed by atoms with Crippen LogP contribution in [0.5, 0.6) is 0 Å². The van der Waals surface area contributed by atoms with Gasteiger partial charge in [-0.15, -0.1) is 0 Å². The van der Waals surface area contributed by atoms with Crippen molar-refractivity contribution in [1.82, 2.24) is 20.5 Å². The second-order valence-electron chi connectivity index (χ2n) is 4.33. The Kier molecular flexibility index (Phi) is 4.91. The number of aromatic nitrogens is 1. The van der Waals surface area contributed by atoms with Crippen molar-refractivity contribution in [3.63, 3.8) is 0 Å². The molecule has 7 heteroatoms. The molecule has 1 aliphatic heterocycles. The molecule has 1 aromatic rings. The van der Waals surface area contributed by atoms with Gasteiger partial charge >= 0.3 is 4.87 Å². The van der Waals surface area contributed by atoms with Crippen LogP contribution in [0.3, 0.4) is 0 Å². The fraction of sp³-hybridized carbons (Fsp3) is 0.636. The molecule has 0 spiro atoms. The summed E-state index contributed by atoms with van der Waals surface area (Å²) >= 11 is 1.11. The molecule has 100 valence electrons. The van der Waals surface area contributed by atoms with E-state index < -0.39 is 0 Å². The summed E-state index contributed by atoms with van der Waals surface area (Å²) in [6, 6.07) is 0. The minimum Gasteiger partial charge on any atom is -0.349 e. The van der Waals surface area contributed by atoms with Gasteiger partial charge in [-0.05, 0) is 19.5 Å². The Labute approximate surface area is 109 Å². The maximum atomic E-state index is 11.7. The molecule has 0 unspecified atom stereocenters. The molecule has 0 radical (unpaired) electrons. The third-order valence-electron chi connectivity index (χ3n) is 2.85. The van der Waals surface area contributed by atoms with Gasteiger partial charge in [0, 0.05) is 24.2 Å². The third-order valence-corrected chi connectivity index (χ3v) is 3.57. The highest BCUT2D eigenvalue weighted by atomic mass is 32.1. The molecule has 0 bridgehead atoms. The van der Waals surface area contributed by atoms with Gasteiger partial charge in [-0.2, -0.15) is 0 Å². The van der Waals surface area contributed by atoms with Gasteiger partial charge in [0.25, 0.3) is 0 Å². The van der Waals surface area contributed by atoms with Crippen LogP contribution in [-0.2, 0) is 11.3 Å². The smallest absolute Gasteiger partial charge is 0.304 e. The summed E-state index contributed by atoms with van der Waals surface area (Å²) in [7, 11) is 0. The Bertz CT molecular complexity index is 434. The minimum atomic E-state index is -0.0853. The van der Waals surface area contributed by atoms with Gasteiger partial charge in [0.05, 0.1) is 13.1 Å². The molecule has 0 aromatic carbocycles. The normalized spacial score (nSPS) is 17.3. The zero-order valence-electron chi connectivity index (χ0n) is 10.2. The number of hydrogen-bond donors (Lipinski definition) is 3. The van der Waals surface area contributed by atoms with Crippen molar-refractivity contribution in [1.29, 1.82) is 0 Å². The van der Waals surface area contributed by atoms with E-state index in [2.05, 4.69) is 20.5 Å². The number of aromatic amines is 1. The molecular weight excluding hydrogens is 252 g/mol. The Hall–Kier alpha value is -1.18. The first-order valence-corrected chi connectivity index (χ1v) is 6.98. The van der Waals surface area contributed by atoms with E-state index >= 15 is 0 Å². The molecule has 0 aliphatic carbocycles. The zero-order valence-corrected chi connectivity index (χ0v) is 11.0. The molecular formula is C11H18N4O2S. The first-order chi connectivity index (χ1) is 8.74. The van der Waals surface area contributed by atoms with Gasteiger partial charge in [0.2, 0.25) is 5.91 Å². The second kappa shape index (κ2) is 6.67. The SMILES string of the molecule is O=C(CN1CCCNCC1)NCc1csc(=O)[nH]1. The van der Waals surface area contributed by atoms with E-state index in [-0.39, 0.29) is 10.8 Å². The van der Waals surface area contributed by atoms with Crippen molar-refractivity contribution in [2.24, 2.45) is 0 Å². The van der Waals surface area contributed by atoms with Gasteiger partial charge in [0.15, 0.2) is 0 Å². The minimum absolute atomic E-state index is 0.00366. The number of carbonyl (C=O) groups excluding carboxylic acids is 1. The van der Waals surface area contributed by atoms with Crippen molar-refractivity contribution in [2.75, 3.05) is 32.7 Å². The maximum absolute atomic E-state index is 11.7. The summed E-state index contributed by atoms with van der Waals surface area (Å²) in [5.74, 6) is 0.00366. The fourth-order valence-corrected chi connectivity index (χ4v) is 2.49. The van der Waals surface area contributed by atoms with E-state index in [9.17, 15) is 9.59 Å². The Morgan fingerprint density at radius 3 is 3.11 bits per heavy atom. The van der Waals surface area contributed by atoms with Crippen LogP contribution in [0.2, 0.25) is 0 Å². The second-order valence-corrected chi connectivity index (χ2v) is 5.17.